The molecule has 0 heterocycles. The lowest BCUT2D eigenvalue weighted by Crippen LogP contribution is -2.53. The number of carbonyl (C=O) groups excluding carboxylic acids is 2. The van der Waals surface area contributed by atoms with Crippen molar-refractivity contribution in [3.63, 3.8) is 0 Å². The zero-order valence-electron chi connectivity index (χ0n) is 21.4. The molecule has 0 saturated heterocycles. The molecule has 4 aliphatic rings. The molecule has 33 heavy (non-hydrogen) atoms. The third kappa shape index (κ3) is 3.80. The molecule has 0 unspecified atom stereocenters. The molecule has 8 atom stereocenters. The van der Waals surface area contributed by atoms with Gasteiger partial charge < -0.3 is 0 Å². The van der Waals surface area contributed by atoms with Crippen LogP contribution in [0.5, 0.6) is 0 Å². The summed E-state index contributed by atoms with van der Waals surface area (Å²) in [5, 5.41) is 9.62. The quantitative estimate of drug-likeness (QED) is 0.260. The van der Waals surface area contributed by atoms with Crippen LogP contribution < -0.4 is 0 Å². The highest BCUT2D eigenvalue weighted by Gasteiger charge is 2.61. The van der Waals surface area contributed by atoms with E-state index in [1.54, 1.807) is 12.2 Å². The Labute approximate surface area is 200 Å². The molecular formula is C29H44O4. The van der Waals surface area contributed by atoms with Gasteiger partial charge >= 0.3 is 0 Å². The van der Waals surface area contributed by atoms with E-state index in [1.165, 1.54) is 25.7 Å². The molecule has 0 amide bonds. The van der Waals surface area contributed by atoms with Gasteiger partial charge in [0.1, 0.15) is 5.60 Å². The Kier molecular flexibility index (Phi) is 6.59. The lowest BCUT2D eigenvalue weighted by atomic mass is 9.46. The highest BCUT2D eigenvalue weighted by molar-refractivity contribution is 6.05. The van der Waals surface area contributed by atoms with E-state index in [0.717, 1.165) is 24.8 Å². The number of carbonyl (C=O) groups is 2. The van der Waals surface area contributed by atoms with Crippen LogP contribution in [0.15, 0.2) is 24.3 Å². The third-order valence-corrected chi connectivity index (χ3v) is 11.0. The number of allylic oxidation sites excluding steroid dienone is 1. The molecular weight excluding hydrogens is 412 g/mol. The van der Waals surface area contributed by atoms with E-state index in [0.29, 0.717) is 42.4 Å². The minimum absolute atomic E-state index is 0.113. The molecule has 0 radical (unpaired) electrons. The summed E-state index contributed by atoms with van der Waals surface area (Å²) >= 11 is 0. The molecule has 0 spiro atoms. The molecule has 0 bridgehead atoms. The van der Waals surface area contributed by atoms with Crippen molar-refractivity contribution in [1.29, 1.82) is 0 Å². The Morgan fingerprint density at radius 3 is 2.55 bits per heavy atom. The fraction of sp³-hybridized carbons (Fsp3) is 0.793. The molecule has 0 aromatic rings. The van der Waals surface area contributed by atoms with E-state index in [-0.39, 0.29) is 28.3 Å². The molecule has 4 heteroatoms. The first-order valence-corrected chi connectivity index (χ1v) is 13.3. The van der Waals surface area contributed by atoms with Gasteiger partial charge in [-0.15, -0.1) is 6.58 Å². The smallest absolute Gasteiger partial charge is 0.159 e. The third-order valence-electron chi connectivity index (χ3n) is 11.0. The van der Waals surface area contributed by atoms with Gasteiger partial charge in [-0.25, -0.2) is 4.89 Å². The molecule has 0 aromatic heterocycles. The van der Waals surface area contributed by atoms with Gasteiger partial charge in [0.15, 0.2) is 11.6 Å². The average Bonchev–Trinajstić information content (AvgIpc) is 3.13. The fourth-order valence-corrected chi connectivity index (χ4v) is 8.83. The highest BCUT2D eigenvalue weighted by Crippen LogP contribution is 2.67. The van der Waals surface area contributed by atoms with Gasteiger partial charge in [0.05, 0.1) is 0 Å². The maximum Gasteiger partial charge on any atom is 0.159 e. The van der Waals surface area contributed by atoms with Crippen molar-refractivity contribution in [2.24, 2.45) is 46.3 Å². The first-order valence-electron chi connectivity index (χ1n) is 13.3. The normalized spacial score (nSPS) is 41.0. The number of rotatable bonds is 7. The van der Waals surface area contributed by atoms with Gasteiger partial charge in [0.2, 0.25) is 0 Å². The van der Waals surface area contributed by atoms with Crippen molar-refractivity contribution in [2.75, 3.05) is 0 Å². The minimum atomic E-state index is -0.684. The van der Waals surface area contributed by atoms with Crippen LogP contribution in [0.4, 0.5) is 0 Å². The summed E-state index contributed by atoms with van der Waals surface area (Å²) in [5.74, 6) is 3.26. The largest absolute Gasteiger partial charge is 0.295 e. The second-order valence-corrected chi connectivity index (χ2v) is 12.6. The summed E-state index contributed by atoms with van der Waals surface area (Å²) in [7, 11) is 0. The number of hydrogen-bond acceptors (Lipinski definition) is 4. The van der Waals surface area contributed by atoms with E-state index in [4.69, 9.17) is 4.89 Å². The van der Waals surface area contributed by atoms with Crippen molar-refractivity contribution in [3.8, 4) is 0 Å². The number of Topliss-reactive ketones (excluding diaryl/α,β-unsaturated/α-hetero) is 1. The Hall–Kier alpha value is -1.26. The van der Waals surface area contributed by atoms with Crippen molar-refractivity contribution in [1.82, 2.24) is 0 Å². The van der Waals surface area contributed by atoms with Crippen molar-refractivity contribution >= 4 is 11.6 Å². The maximum absolute atomic E-state index is 13.2. The molecule has 0 aliphatic heterocycles. The summed E-state index contributed by atoms with van der Waals surface area (Å²) in [5.41, 5.74) is 0.302. The Bertz CT molecular complexity index is 843. The monoisotopic (exact) mass is 456 g/mol. The average molecular weight is 457 g/mol. The molecule has 3 saturated carbocycles. The Balaban J connectivity index is 1.52. The number of fused-ring (bicyclic) bond motifs is 5. The standard InChI is InChI=1S/C29H44O4/c1-7-29(33-32,18(2)3)15-10-19(4)22-8-9-23-21-17-26(31)25-16-20(30)11-13-28(25,6)24(21)12-14-27(22,23)5/h7,16,18-19,21-24,32H,1,8-15,17H2,2-6H3/t19-,21+,22-,23+,24+,27-,28-,29+/m1/s1. The predicted octanol–water partition coefficient (Wildman–Crippen LogP) is 6.80. The van der Waals surface area contributed by atoms with Crippen LogP contribution in [0.25, 0.3) is 0 Å². The van der Waals surface area contributed by atoms with Gasteiger partial charge in [-0.3, -0.25) is 14.8 Å². The summed E-state index contributed by atoms with van der Waals surface area (Å²) in [6.07, 6.45) is 12.1. The van der Waals surface area contributed by atoms with Crippen molar-refractivity contribution in [2.45, 2.75) is 98.0 Å². The van der Waals surface area contributed by atoms with E-state index in [9.17, 15) is 14.8 Å². The van der Waals surface area contributed by atoms with Gasteiger partial charge in [-0.05, 0) is 97.4 Å². The topological polar surface area (TPSA) is 63.6 Å². The molecule has 3 fully saturated rings. The van der Waals surface area contributed by atoms with Crippen molar-refractivity contribution < 1.29 is 19.7 Å². The first kappa shape index (κ1) is 24.9. The second-order valence-electron chi connectivity index (χ2n) is 12.6. The van der Waals surface area contributed by atoms with Crippen LogP contribution in [0.2, 0.25) is 0 Å². The zero-order chi connectivity index (χ0) is 24.2. The van der Waals surface area contributed by atoms with Crippen LogP contribution >= 0.6 is 0 Å². The van der Waals surface area contributed by atoms with Crippen LogP contribution in [0.1, 0.15) is 92.4 Å². The summed E-state index contributed by atoms with van der Waals surface area (Å²) in [6, 6.07) is 0. The molecule has 4 rings (SSSR count). The molecule has 184 valence electrons. The van der Waals surface area contributed by atoms with E-state index < -0.39 is 5.60 Å². The van der Waals surface area contributed by atoms with Crippen LogP contribution in [-0.4, -0.2) is 22.4 Å². The van der Waals surface area contributed by atoms with Gasteiger partial charge in [-0.2, -0.15) is 0 Å². The van der Waals surface area contributed by atoms with E-state index >= 15 is 0 Å². The lowest BCUT2D eigenvalue weighted by Gasteiger charge is -2.58. The highest BCUT2D eigenvalue weighted by atomic mass is 17.1. The molecule has 4 nitrogen and oxygen atoms in total. The summed E-state index contributed by atoms with van der Waals surface area (Å²) in [4.78, 5) is 30.3. The molecule has 1 N–H and O–H groups in total. The summed E-state index contributed by atoms with van der Waals surface area (Å²) in [6.45, 7) is 15.2. The second kappa shape index (κ2) is 8.75. The SMILES string of the molecule is C=C[C@@](CC[C@@H](C)[C@H]1CC[C@H]2[C@@H]3CC(=O)C4=CC(=O)CC[C@]4(C)[C@H]3CC[C@]12C)(OO)C(C)C. The van der Waals surface area contributed by atoms with Crippen LogP contribution in [-0.2, 0) is 14.5 Å². The summed E-state index contributed by atoms with van der Waals surface area (Å²) < 4.78 is 0. The number of hydrogen-bond donors (Lipinski definition) is 1. The predicted molar refractivity (Wildman–Crippen MR) is 130 cm³/mol. The fourth-order valence-electron chi connectivity index (χ4n) is 8.83. The van der Waals surface area contributed by atoms with E-state index in [2.05, 4.69) is 41.2 Å². The van der Waals surface area contributed by atoms with Crippen LogP contribution in [0.3, 0.4) is 0 Å². The minimum Gasteiger partial charge on any atom is -0.295 e. The van der Waals surface area contributed by atoms with Gasteiger partial charge in [-0.1, -0.05) is 40.7 Å². The Morgan fingerprint density at radius 1 is 1.18 bits per heavy atom. The van der Waals surface area contributed by atoms with E-state index in [1.807, 2.05) is 0 Å². The first-order chi connectivity index (χ1) is 15.5. The van der Waals surface area contributed by atoms with Crippen LogP contribution in [0, 0.1) is 46.3 Å². The van der Waals surface area contributed by atoms with Gasteiger partial charge in [0, 0.05) is 18.4 Å². The molecule has 0 aromatic carbocycles. The number of ketones is 2. The Morgan fingerprint density at radius 2 is 1.91 bits per heavy atom. The zero-order valence-corrected chi connectivity index (χ0v) is 21.4. The van der Waals surface area contributed by atoms with Gasteiger partial charge in [0.25, 0.3) is 0 Å². The molecule has 4 aliphatic carbocycles. The van der Waals surface area contributed by atoms with Crippen molar-refractivity contribution in [3.05, 3.63) is 24.3 Å². The lowest BCUT2D eigenvalue weighted by molar-refractivity contribution is -0.321. The maximum atomic E-state index is 13.2.